The Morgan fingerprint density at radius 3 is 1.30 bits per heavy atom. The van der Waals surface area contributed by atoms with Gasteiger partial charge in [-0.25, -0.2) is 0 Å². The minimum Gasteiger partial charge on any atom is -0.497 e. The lowest BCUT2D eigenvalue weighted by molar-refractivity contribution is 0.324. The monoisotopic (exact) mass is 447 g/mol. The summed E-state index contributed by atoms with van der Waals surface area (Å²) in [7, 11) is 8.01. The number of ether oxygens (including phenoxy) is 5. The molecule has 3 aromatic carbocycles. The summed E-state index contributed by atoms with van der Waals surface area (Å²) in [4.78, 5) is 0. The third kappa shape index (κ3) is 4.15. The van der Waals surface area contributed by atoms with Crippen molar-refractivity contribution in [2.45, 2.75) is 0 Å². The number of rotatable bonds is 8. The molecule has 0 aliphatic rings. The molecule has 0 N–H and O–H groups in total. The van der Waals surface area contributed by atoms with Crippen LogP contribution in [0.1, 0.15) is 0 Å². The van der Waals surface area contributed by atoms with Crippen molar-refractivity contribution in [1.82, 2.24) is 14.8 Å². The molecule has 0 spiro atoms. The standard InChI is InChI=1S/C25H25N3O5/c1-29-19-10-6-16(7-11-19)24-26-27-25(17-8-12-20(30-2)13-9-17)28(24)18-14-21(31-3)23(33-5)22(15-18)32-4/h6-15H,1-5H3. The number of hydrogen-bond donors (Lipinski definition) is 0. The van der Waals surface area contributed by atoms with Crippen molar-refractivity contribution in [3.8, 4) is 57.2 Å². The Morgan fingerprint density at radius 1 is 0.545 bits per heavy atom. The van der Waals surface area contributed by atoms with Crippen LogP contribution in [0.15, 0.2) is 60.7 Å². The van der Waals surface area contributed by atoms with Gasteiger partial charge in [0.25, 0.3) is 0 Å². The molecule has 0 bridgehead atoms. The first-order chi connectivity index (χ1) is 16.1. The van der Waals surface area contributed by atoms with Gasteiger partial charge in [-0.3, -0.25) is 4.57 Å². The summed E-state index contributed by atoms with van der Waals surface area (Å²) in [5.41, 5.74) is 2.50. The molecule has 8 heteroatoms. The molecule has 0 atom stereocenters. The number of nitrogens with zero attached hydrogens (tertiary/aromatic N) is 3. The van der Waals surface area contributed by atoms with E-state index in [0.29, 0.717) is 28.9 Å². The molecule has 33 heavy (non-hydrogen) atoms. The molecule has 170 valence electrons. The van der Waals surface area contributed by atoms with Crippen LogP contribution in [0.2, 0.25) is 0 Å². The van der Waals surface area contributed by atoms with E-state index in [9.17, 15) is 0 Å². The summed E-state index contributed by atoms with van der Waals surface area (Å²) < 4.78 is 29.2. The molecule has 0 fully saturated rings. The molecule has 4 aromatic rings. The van der Waals surface area contributed by atoms with E-state index >= 15 is 0 Å². The maximum absolute atomic E-state index is 5.58. The first kappa shape index (κ1) is 22.0. The SMILES string of the molecule is COc1ccc(-c2nnc(-c3ccc(OC)cc3)n2-c2cc(OC)c(OC)c(OC)c2)cc1. The van der Waals surface area contributed by atoms with Crippen LogP contribution in [0, 0.1) is 0 Å². The van der Waals surface area contributed by atoms with Crippen molar-refractivity contribution in [2.24, 2.45) is 0 Å². The molecule has 0 unspecified atom stereocenters. The summed E-state index contributed by atoms with van der Waals surface area (Å²) in [6, 6.07) is 19.0. The Morgan fingerprint density at radius 2 is 0.970 bits per heavy atom. The zero-order valence-electron chi connectivity index (χ0n) is 19.2. The fourth-order valence-electron chi connectivity index (χ4n) is 3.58. The van der Waals surface area contributed by atoms with Crippen molar-refractivity contribution in [1.29, 1.82) is 0 Å². The van der Waals surface area contributed by atoms with Crippen molar-refractivity contribution in [3.63, 3.8) is 0 Å². The topological polar surface area (TPSA) is 76.9 Å². The van der Waals surface area contributed by atoms with Gasteiger partial charge in [-0.1, -0.05) is 0 Å². The number of methoxy groups -OCH3 is 5. The molecule has 1 aromatic heterocycles. The van der Waals surface area contributed by atoms with Crippen LogP contribution in [0.3, 0.4) is 0 Å². The van der Waals surface area contributed by atoms with Crippen molar-refractivity contribution < 1.29 is 23.7 Å². The lowest BCUT2D eigenvalue weighted by Gasteiger charge is -2.17. The van der Waals surface area contributed by atoms with E-state index < -0.39 is 0 Å². The van der Waals surface area contributed by atoms with Gasteiger partial charge in [0.1, 0.15) is 11.5 Å². The highest BCUT2D eigenvalue weighted by Crippen LogP contribution is 2.41. The third-order valence-electron chi connectivity index (χ3n) is 5.27. The Bertz CT molecular complexity index is 1140. The average molecular weight is 447 g/mol. The van der Waals surface area contributed by atoms with E-state index in [1.54, 1.807) is 35.5 Å². The van der Waals surface area contributed by atoms with Crippen molar-refractivity contribution in [2.75, 3.05) is 35.5 Å². The van der Waals surface area contributed by atoms with Crippen LogP contribution in [-0.4, -0.2) is 50.3 Å². The van der Waals surface area contributed by atoms with Gasteiger partial charge >= 0.3 is 0 Å². The van der Waals surface area contributed by atoms with Gasteiger partial charge in [-0.15, -0.1) is 10.2 Å². The van der Waals surface area contributed by atoms with E-state index in [4.69, 9.17) is 23.7 Å². The molecule has 0 amide bonds. The van der Waals surface area contributed by atoms with Gasteiger partial charge < -0.3 is 23.7 Å². The fraction of sp³-hybridized carbons (Fsp3) is 0.200. The Hall–Kier alpha value is -4.20. The summed E-state index contributed by atoms with van der Waals surface area (Å²) in [6.45, 7) is 0. The summed E-state index contributed by atoms with van der Waals surface area (Å²) in [6.07, 6.45) is 0. The molecule has 4 rings (SSSR count). The average Bonchev–Trinajstić information content (AvgIpc) is 3.33. The van der Waals surface area contributed by atoms with Crippen LogP contribution < -0.4 is 23.7 Å². The second kappa shape index (κ2) is 9.52. The van der Waals surface area contributed by atoms with Gasteiger partial charge in [0.05, 0.1) is 41.2 Å². The molecule has 0 saturated heterocycles. The lowest BCUT2D eigenvalue weighted by atomic mass is 10.1. The summed E-state index contributed by atoms with van der Waals surface area (Å²) in [5, 5.41) is 9.04. The van der Waals surface area contributed by atoms with E-state index in [0.717, 1.165) is 28.3 Å². The predicted octanol–water partition coefficient (Wildman–Crippen LogP) is 4.64. The van der Waals surface area contributed by atoms with Gasteiger partial charge in [0.15, 0.2) is 23.1 Å². The van der Waals surface area contributed by atoms with Crippen LogP contribution in [0.25, 0.3) is 28.5 Å². The molecule has 8 nitrogen and oxygen atoms in total. The molecular weight excluding hydrogens is 422 g/mol. The van der Waals surface area contributed by atoms with Crippen LogP contribution in [0.5, 0.6) is 28.7 Å². The summed E-state index contributed by atoms with van der Waals surface area (Å²) >= 11 is 0. The largest absolute Gasteiger partial charge is 0.497 e. The maximum atomic E-state index is 5.58. The highest BCUT2D eigenvalue weighted by molar-refractivity contribution is 5.69. The van der Waals surface area contributed by atoms with E-state index in [1.807, 2.05) is 65.2 Å². The quantitative estimate of drug-likeness (QED) is 0.389. The second-order valence-corrected chi connectivity index (χ2v) is 7.02. The molecular formula is C25H25N3O5. The third-order valence-corrected chi connectivity index (χ3v) is 5.27. The Kier molecular flexibility index (Phi) is 6.35. The van der Waals surface area contributed by atoms with Gasteiger partial charge in [-0.05, 0) is 48.5 Å². The minimum absolute atomic E-state index is 0.508. The highest BCUT2D eigenvalue weighted by atomic mass is 16.5. The predicted molar refractivity (Wildman–Crippen MR) is 125 cm³/mol. The molecule has 0 aliphatic carbocycles. The van der Waals surface area contributed by atoms with Gasteiger partial charge in [0.2, 0.25) is 5.75 Å². The zero-order valence-corrected chi connectivity index (χ0v) is 19.2. The first-order valence-corrected chi connectivity index (χ1v) is 10.2. The number of benzene rings is 3. The second-order valence-electron chi connectivity index (χ2n) is 7.02. The Balaban J connectivity index is 1.96. The molecule has 0 aliphatic heterocycles. The summed E-state index contributed by atoms with van der Waals surface area (Å²) in [5.74, 6) is 4.38. The normalized spacial score (nSPS) is 10.6. The fourth-order valence-corrected chi connectivity index (χ4v) is 3.58. The van der Waals surface area contributed by atoms with Crippen LogP contribution in [0.4, 0.5) is 0 Å². The van der Waals surface area contributed by atoms with Crippen molar-refractivity contribution >= 4 is 0 Å². The van der Waals surface area contributed by atoms with Crippen LogP contribution >= 0.6 is 0 Å². The Labute approximate surface area is 192 Å². The molecule has 1 heterocycles. The smallest absolute Gasteiger partial charge is 0.203 e. The van der Waals surface area contributed by atoms with Crippen LogP contribution in [-0.2, 0) is 0 Å². The van der Waals surface area contributed by atoms with Crippen molar-refractivity contribution in [3.05, 3.63) is 60.7 Å². The number of hydrogen-bond acceptors (Lipinski definition) is 7. The van der Waals surface area contributed by atoms with Gasteiger partial charge in [0, 0.05) is 23.3 Å². The first-order valence-electron chi connectivity index (χ1n) is 10.2. The van der Waals surface area contributed by atoms with Gasteiger partial charge in [-0.2, -0.15) is 0 Å². The molecule has 0 saturated carbocycles. The molecule has 0 radical (unpaired) electrons. The van der Waals surface area contributed by atoms with E-state index in [2.05, 4.69) is 10.2 Å². The minimum atomic E-state index is 0.508. The lowest BCUT2D eigenvalue weighted by Crippen LogP contribution is -2.03. The number of aromatic nitrogens is 3. The highest BCUT2D eigenvalue weighted by Gasteiger charge is 2.21. The van der Waals surface area contributed by atoms with E-state index in [-0.39, 0.29) is 0 Å². The van der Waals surface area contributed by atoms with E-state index in [1.165, 1.54) is 0 Å². The zero-order chi connectivity index (χ0) is 23.4. The maximum Gasteiger partial charge on any atom is 0.203 e.